The van der Waals surface area contributed by atoms with E-state index in [9.17, 15) is 13.2 Å². The molecule has 1 aliphatic carbocycles. The third kappa shape index (κ3) is 3.38. The quantitative estimate of drug-likeness (QED) is 0.731. The van der Waals surface area contributed by atoms with E-state index in [2.05, 4.69) is 15.9 Å². The van der Waals surface area contributed by atoms with Crippen molar-refractivity contribution in [2.75, 3.05) is 13.1 Å². The first kappa shape index (κ1) is 15.9. The minimum absolute atomic E-state index is 0.0164. The van der Waals surface area contributed by atoms with Gasteiger partial charge in [0.2, 0.25) is 0 Å². The molecule has 112 valence electrons. The van der Waals surface area contributed by atoms with E-state index in [1.807, 2.05) is 6.92 Å². The van der Waals surface area contributed by atoms with Gasteiger partial charge < -0.3 is 9.32 Å². The SMILES string of the molecule is CCN(CC1CCC1)C(=O)c1cc(S(=O)(=O)Cl)c(Br)o1. The highest BCUT2D eigenvalue weighted by atomic mass is 79.9. The van der Waals surface area contributed by atoms with Crippen LogP contribution in [0.1, 0.15) is 36.7 Å². The number of nitrogens with zero attached hydrogens (tertiary/aromatic N) is 1. The van der Waals surface area contributed by atoms with Gasteiger partial charge in [-0.15, -0.1) is 0 Å². The first-order valence-corrected chi connectivity index (χ1v) is 9.46. The van der Waals surface area contributed by atoms with Crippen molar-refractivity contribution in [2.45, 2.75) is 31.1 Å². The average Bonchev–Trinajstić information content (AvgIpc) is 2.69. The standard InChI is InChI=1S/C12H15BrClNO4S/c1-2-15(7-8-4-3-5-8)12(16)9-6-10(11(13)19-9)20(14,17)18/h6,8H,2-5,7H2,1H3. The van der Waals surface area contributed by atoms with Gasteiger partial charge in [-0.2, -0.15) is 0 Å². The molecule has 0 bridgehead atoms. The van der Waals surface area contributed by atoms with Crippen molar-refractivity contribution in [3.8, 4) is 0 Å². The van der Waals surface area contributed by atoms with Crippen LogP contribution in [0.3, 0.4) is 0 Å². The smallest absolute Gasteiger partial charge is 0.289 e. The van der Waals surface area contributed by atoms with Crippen molar-refractivity contribution < 1.29 is 17.6 Å². The predicted octanol–water partition coefficient (Wildman–Crippen LogP) is 3.23. The molecule has 20 heavy (non-hydrogen) atoms. The van der Waals surface area contributed by atoms with Gasteiger partial charge in [-0.1, -0.05) is 6.42 Å². The summed E-state index contributed by atoms with van der Waals surface area (Å²) >= 11 is 2.97. The number of hydrogen-bond acceptors (Lipinski definition) is 4. The van der Waals surface area contributed by atoms with Gasteiger partial charge in [0.25, 0.3) is 15.0 Å². The summed E-state index contributed by atoms with van der Waals surface area (Å²) in [6, 6.07) is 1.16. The Morgan fingerprint density at radius 2 is 2.20 bits per heavy atom. The number of hydrogen-bond donors (Lipinski definition) is 0. The van der Waals surface area contributed by atoms with Crippen LogP contribution >= 0.6 is 26.6 Å². The Hall–Kier alpha value is -0.530. The van der Waals surface area contributed by atoms with Crippen molar-refractivity contribution in [1.82, 2.24) is 4.90 Å². The highest BCUT2D eigenvalue weighted by Gasteiger charge is 2.28. The summed E-state index contributed by atoms with van der Waals surface area (Å²) in [5.74, 6) is 0.206. The third-order valence-corrected chi connectivity index (χ3v) is 5.68. The van der Waals surface area contributed by atoms with Crippen LogP contribution in [0.5, 0.6) is 0 Å². The van der Waals surface area contributed by atoms with E-state index in [4.69, 9.17) is 15.1 Å². The van der Waals surface area contributed by atoms with Crippen molar-refractivity contribution in [3.05, 3.63) is 16.5 Å². The van der Waals surface area contributed by atoms with Gasteiger partial charge in [0.15, 0.2) is 10.4 Å². The van der Waals surface area contributed by atoms with Crippen LogP contribution in [-0.2, 0) is 9.05 Å². The van der Waals surface area contributed by atoms with Crippen LogP contribution in [0.25, 0.3) is 0 Å². The Labute approximate surface area is 130 Å². The molecule has 0 spiro atoms. The summed E-state index contributed by atoms with van der Waals surface area (Å²) in [5, 5.41) is 0. The van der Waals surface area contributed by atoms with Gasteiger partial charge in [0, 0.05) is 29.8 Å². The van der Waals surface area contributed by atoms with Gasteiger partial charge in [0.1, 0.15) is 4.90 Å². The van der Waals surface area contributed by atoms with Crippen LogP contribution in [0, 0.1) is 5.92 Å². The van der Waals surface area contributed by atoms with E-state index in [1.165, 1.54) is 6.42 Å². The molecule has 1 aromatic heterocycles. The minimum Gasteiger partial charge on any atom is -0.443 e. The Morgan fingerprint density at radius 3 is 2.60 bits per heavy atom. The predicted molar refractivity (Wildman–Crippen MR) is 78.4 cm³/mol. The number of carbonyl (C=O) groups excluding carboxylic acids is 1. The molecule has 1 aromatic rings. The van der Waals surface area contributed by atoms with Crippen LogP contribution in [0.15, 0.2) is 20.0 Å². The van der Waals surface area contributed by atoms with Gasteiger partial charge in [-0.25, -0.2) is 8.42 Å². The zero-order chi connectivity index (χ0) is 14.9. The number of carbonyl (C=O) groups is 1. The number of furan rings is 1. The molecule has 0 unspecified atom stereocenters. The topological polar surface area (TPSA) is 67.6 Å². The van der Waals surface area contributed by atoms with E-state index >= 15 is 0 Å². The van der Waals surface area contributed by atoms with Crippen molar-refractivity contribution >= 4 is 41.6 Å². The Morgan fingerprint density at radius 1 is 1.55 bits per heavy atom. The van der Waals surface area contributed by atoms with E-state index in [0.29, 0.717) is 19.0 Å². The molecule has 0 radical (unpaired) electrons. The summed E-state index contributed by atoms with van der Waals surface area (Å²) in [6.07, 6.45) is 3.47. The molecule has 1 heterocycles. The normalized spacial score (nSPS) is 15.9. The fraction of sp³-hybridized carbons (Fsp3) is 0.583. The lowest BCUT2D eigenvalue weighted by atomic mass is 9.85. The van der Waals surface area contributed by atoms with Gasteiger partial charge in [0.05, 0.1) is 0 Å². The second kappa shape index (κ2) is 6.07. The van der Waals surface area contributed by atoms with Crippen LogP contribution < -0.4 is 0 Å². The molecule has 0 aliphatic heterocycles. The molecular weight excluding hydrogens is 370 g/mol. The van der Waals surface area contributed by atoms with E-state index in [0.717, 1.165) is 18.9 Å². The molecule has 0 N–H and O–H groups in total. The molecule has 1 amide bonds. The fourth-order valence-electron chi connectivity index (χ4n) is 2.12. The maximum absolute atomic E-state index is 12.3. The highest BCUT2D eigenvalue weighted by Crippen LogP contribution is 2.31. The summed E-state index contributed by atoms with van der Waals surface area (Å²) in [4.78, 5) is 13.8. The van der Waals surface area contributed by atoms with Gasteiger partial charge in [-0.3, -0.25) is 4.79 Å². The molecule has 0 atom stereocenters. The molecule has 1 fully saturated rings. The molecule has 1 saturated carbocycles. The fourth-order valence-corrected chi connectivity index (χ4v) is 4.15. The third-order valence-electron chi connectivity index (χ3n) is 3.50. The van der Waals surface area contributed by atoms with Gasteiger partial charge in [-0.05, 0) is 41.6 Å². The number of amides is 1. The molecule has 2 rings (SSSR count). The van der Waals surface area contributed by atoms with Gasteiger partial charge >= 0.3 is 0 Å². The van der Waals surface area contributed by atoms with Crippen molar-refractivity contribution in [3.63, 3.8) is 0 Å². The van der Waals surface area contributed by atoms with E-state index in [1.54, 1.807) is 4.90 Å². The first-order valence-electron chi connectivity index (χ1n) is 6.36. The van der Waals surface area contributed by atoms with Crippen LogP contribution in [0.2, 0.25) is 0 Å². The molecule has 8 heteroatoms. The lowest BCUT2D eigenvalue weighted by molar-refractivity contribution is 0.0673. The number of halogens is 2. The second-order valence-electron chi connectivity index (χ2n) is 4.83. The molecule has 0 saturated heterocycles. The molecule has 1 aliphatic rings. The second-order valence-corrected chi connectivity index (χ2v) is 8.08. The van der Waals surface area contributed by atoms with Crippen LogP contribution in [0.4, 0.5) is 0 Å². The highest BCUT2D eigenvalue weighted by molar-refractivity contribution is 9.10. The van der Waals surface area contributed by atoms with Crippen LogP contribution in [-0.4, -0.2) is 32.3 Å². The van der Waals surface area contributed by atoms with Crippen molar-refractivity contribution in [2.24, 2.45) is 5.92 Å². The Kier molecular flexibility index (Phi) is 4.81. The largest absolute Gasteiger partial charge is 0.443 e. The average molecular weight is 385 g/mol. The number of rotatable bonds is 5. The zero-order valence-corrected chi connectivity index (χ0v) is 14.1. The summed E-state index contributed by atoms with van der Waals surface area (Å²) in [7, 11) is 1.33. The minimum atomic E-state index is -3.93. The Bertz CT molecular complexity index is 609. The molecule has 0 aromatic carbocycles. The first-order chi connectivity index (χ1) is 9.32. The monoisotopic (exact) mass is 383 g/mol. The Balaban J connectivity index is 2.19. The lowest BCUT2D eigenvalue weighted by Gasteiger charge is -2.31. The van der Waals surface area contributed by atoms with Crippen molar-refractivity contribution in [1.29, 1.82) is 0 Å². The summed E-state index contributed by atoms with van der Waals surface area (Å²) in [6.45, 7) is 3.11. The summed E-state index contributed by atoms with van der Waals surface area (Å²) < 4.78 is 27.8. The maximum Gasteiger partial charge on any atom is 0.289 e. The molecule has 5 nitrogen and oxygen atoms in total. The zero-order valence-electron chi connectivity index (χ0n) is 10.9. The van der Waals surface area contributed by atoms with E-state index in [-0.39, 0.29) is 21.2 Å². The summed E-state index contributed by atoms with van der Waals surface area (Å²) in [5.41, 5.74) is 0. The lowest BCUT2D eigenvalue weighted by Crippen LogP contribution is -2.37. The van der Waals surface area contributed by atoms with E-state index < -0.39 is 9.05 Å². The molecular formula is C12H15BrClNO4S. The maximum atomic E-state index is 12.3.